The summed E-state index contributed by atoms with van der Waals surface area (Å²) >= 11 is 5.59. The zero-order chi connectivity index (χ0) is 52.0. The van der Waals surface area contributed by atoms with Gasteiger partial charge < -0.3 is 41.2 Å². The molecule has 0 atom stereocenters. The van der Waals surface area contributed by atoms with E-state index in [1.165, 1.54) is 22.8 Å². The first-order valence-corrected chi connectivity index (χ1v) is 26.1. The van der Waals surface area contributed by atoms with Gasteiger partial charge in [-0.25, -0.2) is 53.0 Å². The summed E-state index contributed by atoms with van der Waals surface area (Å²) in [7, 11) is -0.688. The van der Waals surface area contributed by atoms with Crippen molar-refractivity contribution in [1.29, 1.82) is 0 Å². The third-order valence-electron chi connectivity index (χ3n) is 11.6. The van der Waals surface area contributed by atoms with Crippen LogP contribution < -0.4 is 31.6 Å². The average molecular weight is 1060 g/mol. The van der Waals surface area contributed by atoms with Crippen LogP contribution in [0.5, 0.6) is 11.5 Å². The van der Waals surface area contributed by atoms with Crippen molar-refractivity contribution in [2.24, 2.45) is 0 Å². The fourth-order valence-electron chi connectivity index (χ4n) is 7.67. The molecule has 27 heteroatoms. The van der Waals surface area contributed by atoms with Crippen LogP contribution >= 0.6 is 11.6 Å². The molecular formula is C44H58ClF4N11O9S2. The number of alkyl halides is 1. The van der Waals surface area contributed by atoms with E-state index in [0.29, 0.717) is 77.9 Å². The number of hydrogen-bond acceptors (Lipinski definition) is 18. The lowest BCUT2D eigenvalue weighted by atomic mass is 10.0. The van der Waals surface area contributed by atoms with Crippen LogP contribution in [0.15, 0.2) is 36.7 Å². The number of ketones is 2. The number of methoxy groups -OCH3 is 3. The lowest BCUT2D eigenvalue weighted by Crippen LogP contribution is -2.43. The number of nitrogens with one attached hydrogen (secondary N) is 2. The molecule has 6 N–H and O–H groups in total. The van der Waals surface area contributed by atoms with Crippen molar-refractivity contribution in [2.75, 3.05) is 114 Å². The van der Waals surface area contributed by atoms with Crippen LogP contribution in [0, 0.1) is 23.3 Å². The molecular weight excluding hydrogens is 1000 g/mol. The summed E-state index contributed by atoms with van der Waals surface area (Å²) in [5, 5.41) is 6.18. The second-order valence-electron chi connectivity index (χ2n) is 16.5. The summed E-state index contributed by atoms with van der Waals surface area (Å²) in [5.74, 6) is -6.99. The van der Waals surface area contributed by atoms with Crippen LogP contribution in [0.4, 0.5) is 41.1 Å². The second kappa shape index (κ2) is 25.7. The van der Waals surface area contributed by atoms with Crippen molar-refractivity contribution < 1.29 is 58.2 Å². The highest BCUT2D eigenvalue weighted by Crippen LogP contribution is 2.30. The number of anilines is 4. The molecule has 4 aromatic rings. The quantitative estimate of drug-likeness (QED) is 0.0489. The Hall–Kier alpha value is -5.51. The number of nitrogens with zero attached hydrogens (tertiary/aromatic N) is 7. The lowest BCUT2D eigenvalue weighted by Gasteiger charge is -2.31. The SMILES string of the molecule is COCCN(C)CCCS(=O)(=O)N1CCC(Nc2ncc(C(=O)c3c(OC)ccc(F)c3F)c(N)n2)CC1.COc1ccc(F)c(F)c1C(=O)c1cnc(NC2CCN(S(=O)(=O)CCCCl)CC2)nc1N. The summed E-state index contributed by atoms with van der Waals surface area (Å²) in [5.41, 5.74) is 10.2. The zero-order valence-electron chi connectivity index (χ0n) is 39.6. The highest BCUT2D eigenvalue weighted by Gasteiger charge is 2.31. The first kappa shape index (κ1) is 56.4. The third-order valence-corrected chi connectivity index (χ3v) is 15.8. The number of likely N-dealkylation sites (N-methyl/N-ethyl adjacent to an activating group) is 1. The molecule has 2 aromatic carbocycles. The van der Waals surface area contributed by atoms with E-state index in [-0.39, 0.29) is 75.6 Å². The summed E-state index contributed by atoms with van der Waals surface area (Å²) in [6, 6.07) is 3.78. The third kappa shape index (κ3) is 14.8. The second-order valence-corrected chi connectivity index (χ2v) is 21.0. The van der Waals surface area contributed by atoms with E-state index in [1.807, 2.05) is 11.9 Å². The van der Waals surface area contributed by atoms with Gasteiger partial charge in [0.05, 0.1) is 43.5 Å². The zero-order valence-corrected chi connectivity index (χ0v) is 42.0. The number of rotatable bonds is 22. The smallest absolute Gasteiger partial charge is 0.224 e. The molecule has 0 amide bonds. The molecule has 0 bridgehead atoms. The predicted molar refractivity (Wildman–Crippen MR) is 259 cm³/mol. The van der Waals surface area contributed by atoms with Gasteiger partial charge in [-0.1, -0.05) is 0 Å². The maximum Gasteiger partial charge on any atom is 0.224 e. The molecule has 0 radical (unpaired) electrons. The summed E-state index contributed by atoms with van der Waals surface area (Å²) < 4.78 is 124. The van der Waals surface area contributed by atoms with E-state index in [2.05, 4.69) is 30.6 Å². The number of ether oxygens (including phenoxy) is 3. The Morgan fingerprint density at radius 3 is 1.48 bits per heavy atom. The fraction of sp³-hybridized carbons (Fsp3) is 0.500. The minimum absolute atomic E-state index is 0.0143. The van der Waals surface area contributed by atoms with Gasteiger partial charge in [-0.2, -0.15) is 9.97 Å². The largest absolute Gasteiger partial charge is 0.496 e. The number of benzene rings is 2. The molecule has 2 aliphatic heterocycles. The Kier molecular flexibility index (Phi) is 20.5. The van der Waals surface area contributed by atoms with Gasteiger partial charge in [0.1, 0.15) is 34.3 Å². The van der Waals surface area contributed by atoms with Gasteiger partial charge in [0, 0.05) is 70.2 Å². The molecule has 0 aliphatic carbocycles. The first-order valence-electron chi connectivity index (χ1n) is 22.4. The molecule has 6 rings (SSSR count). The Balaban J connectivity index is 0.000000267. The monoisotopic (exact) mass is 1060 g/mol. The molecule has 0 spiro atoms. The standard InChI is InChI=1S/C24H34F2N6O5S.C20H24ClF2N5O4S/c1-31(12-13-36-2)9-4-14-38(34,35)32-10-7-16(8-11-32)29-24-28-15-17(23(27)30-24)22(33)20-19(37-3)6-5-18(25)21(20)26;1-32-15-4-3-14(22)17(23)16(15)18(29)13-11-25-20(27-19(13)24)26-12-5-8-28(9-6-12)33(30,31)10-2-7-21/h5-6,15-16H,4,7-14H2,1-3H3,(H3,27,28,29,30);3-4,11-12H,2,5-10H2,1H3,(H3,24,25,26,27). The number of sulfonamides is 2. The van der Waals surface area contributed by atoms with E-state index >= 15 is 0 Å². The lowest BCUT2D eigenvalue weighted by molar-refractivity contribution is 0.102. The highest BCUT2D eigenvalue weighted by atomic mass is 35.5. The van der Waals surface area contributed by atoms with Gasteiger partial charge >= 0.3 is 0 Å². The Labute approximate surface area is 414 Å². The van der Waals surface area contributed by atoms with Crippen LogP contribution in [-0.2, 0) is 24.8 Å². The van der Waals surface area contributed by atoms with E-state index in [4.69, 9.17) is 37.3 Å². The van der Waals surface area contributed by atoms with Gasteiger partial charge in [-0.3, -0.25) is 9.59 Å². The number of nitrogen functional groups attached to an aromatic ring is 2. The van der Waals surface area contributed by atoms with E-state index in [0.717, 1.165) is 43.2 Å². The van der Waals surface area contributed by atoms with Gasteiger partial charge in [0.15, 0.2) is 23.3 Å². The summed E-state index contributed by atoms with van der Waals surface area (Å²) in [6.07, 6.45) is 5.30. The van der Waals surface area contributed by atoms with E-state index < -0.39 is 66.0 Å². The first-order chi connectivity index (χ1) is 33.7. The van der Waals surface area contributed by atoms with Crippen molar-refractivity contribution in [1.82, 2.24) is 33.4 Å². The molecule has 2 aliphatic rings. The van der Waals surface area contributed by atoms with Gasteiger partial charge in [0.2, 0.25) is 43.5 Å². The predicted octanol–water partition coefficient (Wildman–Crippen LogP) is 4.16. The minimum atomic E-state index is -3.37. The van der Waals surface area contributed by atoms with Crippen molar-refractivity contribution in [2.45, 2.75) is 50.6 Å². The number of halogens is 5. The number of piperidine rings is 2. The maximum absolute atomic E-state index is 14.3. The van der Waals surface area contributed by atoms with Crippen molar-refractivity contribution in [3.63, 3.8) is 0 Å². The Bertz CT molecular complexity index is 2720. The van der Waals surface area contributed by atoms with Gasteiger partial charge in [-0.15, -0.1) is 11.6 Å². The van der Waals surface area contributed by atoms with Crippen LogP contribution in [0.25, 0.3) is 0 Å². The molecule has 4 heterocycles. The number of aromatic nitrogens is 4. The normalized spacial score (nSPS) is 15.2. The van der Waals surface area contributed by atoms with Gasteiger partial charge in [0.25, 0.3) is 0 Å². The number of nitrogens with two attached hydrogens (primary N) is 2. The minimum Gasteiger partial charge on any atom is -0.496 e. The Morgan fingerprint density at radius 1 is 0.704 bits per heavy atom. The average Bonchev–Trinajstić information content (AvgIpc) is 3.34. The molecule has 0 unspecified atom stereocenters. The maximum atomic E-state index is 14.3. The molecule has 2 fully saturated rings. The van der Waals surface area contributed by atoms with E-state index in [9.17, 15) is 44.0 Å². The van der Waals surface area contributed by atoms with Crippen molar-refractivity contribution in [3.8, 4) is 11.5 Å². The number of carbonyl (C=O) groups excluding carboxylic acids is 2. The topological polar surface area (TPSA) is 267 Å². The number of hydrogen-bond donors (Lipinski definition) is 4. The van der Waals surface area contributed by atoms with Crippen molar-refractivity contribution >= 4 is 66.7 Å². The molecule has 0 saturated carbocycles. The van der Waals surface area contributed by atoms with Crippen LogP contribution in [0.1, 0.15) is 70.4 Å². The van der Waals surface area contributed by atoms with Crippen LogP contribution in [0.2, 0.25) is 0 Å². The van der Waals surface area contributed by atoms with Crippen LogP contribution in [-0.4, -0.2) is 166 Å². The number of carbonyl (C=O) groups is 2. The highest BCUT2D eigenvalue weighted by molar-refractivity contribution is 7.89. The summed E-state index contributed by atoms with van der Waals surface area (Å²) in [4.78, 5) is 44.0. The van der Waals surface area contributed by atoms with E-state index in [1.54, 1.807) is 7.11 Å². The van der Waals surface area contributed by atoms with Gasteiger partial charge in [-0.05, 0) is 76.4 Å². The molecule has 390 valence electrons. The summed E-state index contributed by atoms with van der Waals surface area (Å²) in [6.45, 7) is 3.38. The molecule has 71 heavy (non-hydrogen) atoms. The molecule has 2 aromatic heterocycles. The molecule has 20 nitrogen and oxygen atoms in total. The molecule has 2 saturated heterocycles. The Morgan fingerprint density at radius 2 is 1.11 bits per heavy atom. The van der Waals surface area contributed by atoms with Crippen LogP contribution in [0.3, 0.4) is 0 Å². The van der Waals surface area contributed by atoms with Crippen molar-refractivity contribution in [3.05, 3.63) is 82.2 Å². The fourth-order valence-corrected chi connectivity index (χ4v) is 11.0.